The van der Waals surface area contributed by atoms with E-state index < -0.39 is 15.9 Å². The molecule has 28 heavy (non-hydrogen) atoms. The summed E-state index contributed by atoms with van der Waals surface area (Å²) in [7, 11) is -3.48. The lowest BCUT2D eigenvalue weighted by molar-refractivity contribution is 0.101. The second-order valence-corrected chi connectivity index (χ2v) is 8.35. The van der Waals surface area contributed by atoms with Crippen LogP contribution in [-0.4, -0.2) is 41.9 Å². The summed E-state index contributed by atoms with van der Waals surface area (Å²) in [4.78, 5) is 16.6. The molecule has 1 amide bonds. The van der Waals surface area contributed by atoms with Gasteiger partial charge >= 0.3 is 0 Å². The molecule has 0 atom stereocenters. The third kappa shape index (κ3) is 3.67. The number of pyridine rings is 1. The van der Waals surface area contributed by atoms with Crippen molar-refractivity contribution in [1.29, 1.82) is 0 Å². The summed E-state index contributed by atoms with van der Waals surface area (Å²) in [6, 6.07) is 11.2. The zero-order valence-corrected chi connectivity index (χ0v) is 15.7. The molecule has 0 saturated carbocycles. The monoisotopic (exact) mass is 398 g/mol. The third-order valence-corrected chi connectivity index (χ3v) is 6.42. The fraction of sp³-hybridized carbons (Fsp3) is 0.211. The Morgan fingerprint density at radius 2 is 1.86 bits per heavy atom. The lowest BCUT2D eigenvalue weighted by Gasteiger charge is -2.15. The van der Waals surface area contributed by atoms with Gasteiger partial charge in [0.2, 0.25) is 10.0 Å². The van der Waals surface area contributed by atoms with Crippen LogP contribution in [0.3, 0.4) is 0 Å². The Morgan fingerprint density at radius 3 is 2.54 bits per heavy atom. The topological polar surface area (TPSA) is 105 Å². The molecule has 1 N–H and O–H groups in total. The predicted molar refractivity (Wildman–Crippen MR) is 102 cm³/mol. The van der Waals surface area contributed by atoms with Crippen LogP contribution in [0.1, 0.15) is 23.3 Å². The summed E-state index contributed by atoms with van der Waals surface area (Å²) in [5.41, 5.74) is 1.30. The van der Waals surface area contributed by atoms with Crippen LogP contribution in [0, 0.1) is 0 Å². The van der Waals surface area contributed by atoms with Crippen molar-refractivity contribution < 1.29 is 17.7 Å². The molecule has 0 bridgehead atoms. The molecule has 0 aliphatic carbocycles. The molecular weight excluding hydrogens is 380 g/mol. The number of benzene rings is 1. The van der Waals surface area contributed by atoms with E-state index in [2.05, 4.69) is 15.5 Å². The van der Waals surface area contributed by atoms with Gasteiger partial charge < -0.3 is 9.84 Å². The Morgan fingerprint density at radius 1 is 1.11 bits per heavy atom. The highest BCUT2D eigenvalue weighted by Gasteiger charge is 2.27. The fourth-order valence-electron chi connectivity index (χ4n) is 3.01. The first-order chi connectivity index (χ1) is 13.5. The highest BCUT2D eigenvalue weighted by atomic mass is 32.2. The summed E-state index contributed by atoms with van der Waals surface area (Å²) < 4.78 is 31.8. The standard InChI is InChI=1S/C19H18N4O4S/c24-19(17-12-18(27-22-17)14-4-3-9-20-13-14)21-15-5-7-16(8-6-15)28(25,26)23-10-1-2-11-23/h3-9,12-13H,1-2,10-11H2,(H,21,24). The van der Waals surface area contributed by atoms with E-state index >= 15 is 0 Å². The van der Waals surface area contributed by atoms with E-state index in [1.807, 2.05) is 0 Å². The molecule has 9 heteroatoms. The maximum absolute atomic E-state index is 12.5. The van der Waals surface area contributed by atoms with E-state index in [0.717, 1.165) is 12.8 Å². The molecule has 3 heterocycles. The van der Waals surface area contributed by atoms with Gasteiger partial charge in [0.1, 0.15) is 0 Å². The predicted octanol–water partition coefficient (Wildman–Crippen LogP) is 2.77. The summed E-state index contributed by atoms with van der Waals surface area (Å²) in [6.45, 7) is 1.10. The first kappa shape index (κ1) is 18.3. The Labute approximate surface area is 162 Å². The minimum Gasteiger partial charge on any atom is -0.355 e. The minimum atomic E-state index is -3.48. The van der Waals surface area contributed by atoms with Gasteiger partial charge in [-0.2, -0.15) is 4.31 Å². The molecule has 0 spiro atoms. The zero-order chi connectivity index (χ0) is 19.6. The summed E-state index contributed by atoms with van der Waals surface area (Å²) in [6.07, 6.45) is 5.01. The molecule has 4 rings (SSSR count). The average Bonchev–Trinajstić information content (AvgIpc) is 3.42. The van der Waals surface area contributed by atoms with Crippen LogP contribution in [0.5, 0.6) is 0 Å². The number of aromatic nitrogens is 2. The average molecular weight is 398 g/mol. The number of carbonyl (C=O) groups excluding carboxylic acids is 1. The van der Waals surface area contributed by atoms with Crippen LogP contribution >= 0.6 is 0 Å². The van der Waals surface area contributed by atoms with Crippen LogP contribution in [0.4, 0.5) is 5.69 Å². The van der Waals surface area contributed by atoms with Crippen LogP contribution in [0.25, 0.3) is 11.3 Å². The Hall–Kier alpha value is -3.04. The van der Waals surface area contributed by atoms with E-state index in [9.17, 15) is 13.2 Å². The normalized spacial score (nSPS) is 14.9. The van der Waals surface area contributed by atoms with Gasteiger partial charge in [-0.05, 0) is 49.2 Å². The molecule has 2 aromatic heterocycles. The van der Waals surface area contributed by atoms with Crippen molar-refractivity contribution in [2.75, 3.05) is 18.4 Å². The van der Waals surface area contributed by atoms with Crippen LogP contribution in [0.15, 0.2) is 64.3 Å². The molecule has 144 valence electrons. The summed E-state index contributed by atoms with van der Waals surface area (Å²) >= 11 is 0. The first-order valence-corrected chi connectivity index (χ1v) is 10.3. The SMILES string of the molecule is O=C(Nc1ccc(S(=O)(=O)N2CCCC2)cc1)c1cc(-c2cccnc2)on1. The van der Waals surface area contributed by atoms with Crippen molar-refractivity contribution in [3.05, 3.63) is 60.6 Å². The van der Waals surface area contributed by atoms with Gasteiger partial charge in [0.15, 0.2) is 11.5 Å². The van der Waals surface area contributed by atoms with Crippen molar-refractivity contribution in [3.8, 4) is 11.3 Å². The molecule has 1 aliphatic heterocycles. The number of rotatable bonds is 5. The van der Waals surface area contributed by atoms with Crippen LogP contribution < -0.4 is 5.32 Å². The van der Waals surface area contributed by atoms with E-state index in [0.29, 0.717) is 30.1 Å². The third-order valence-electron chi connectivity index (χ3n) is 4.50. The number of hydrogen-bond acceptors (Lipinski definition) is 6. The maximum Gasteiger partial charge on any atom is 0.277 e. The maximum atomic E-state index is 12.5. The second kappa shape index (κ2) is 7.53. The molecule has 1 fully saturated rings. The van der Waals surface area contributed by atoms with Crippen molar-refractivity contribution in [3.63, 3.8) is 0 Å². The largest absolute Gasteiger partial charge is 0.355 e. The van der Waals surface area contributed by atoms with Crippen molar-refractivity contribution in [1.82, 2.24) is 14.4 Å². The molecule has 0 radical (unpaired) electrons. The number of sulfonamides is 1. The Kier molecular flexibility index (Phi) is 4.93. The lowest BCUT2D eigenvalue weighted by atomic mass is 10.2. The highest BCUT2D eigenvalue weighted by molar-refractivity contribution is 7.89. The Balaban J connectivity index is 1.46. The lowest BCUT2D eigenvalue weighted by Crippen LogP contribution is -2.27. The van der Waals surface area contributed by atoms with Gasteiger partial charge in [-0.25, -0.2) is 8.42 Å². The van der Waals surface area contributed by atoms with Gasteiger partial charge in [0.25, 0.3) is 5.91 Å². The summed E-state index contributed by atoms with van der Waals surface area (Å²) in [5.74, 6) is -0.0145. The quantitative estimate of drug-likeness (QED) is 0.708. The van der Waals surface area contributed by atoms with Crippen molar-refractivity contribution >= 4 is 21.6 Å². The van der Waals surface area contributed by atoms with E-state index in [-0.39, 0.29) is 10.6 Å². The molecule has 1 aliphatic rings. The number of nitrogens with zero attached hydrogens (tertiary/aromatic N) is 3. The number of nitrogens with one attached hydrogen (secondary N) is 1. The van der Waals surface area contributed by atoms with Crippen LogP contribution in [0.2, 0.25) is 0 Å². The number of anilines is 1. The molecule has 8 nitrogen and oxygen atoms in total. The Bertz CT molecular complexity index is 1070. The van der Waals surface area contributed by atoms with Crippen molar-refractivity contribution in [2.45, 2.75) is 17.7 Å². The second-order valence-electron chi connectivity index (χ2n) is 6.41. The van der Waals surface area contributed by atoms with E-state index in [1.54, 1.807) is 36.7 Å². The summed E-state index contributed by atoms with van der Waals surface area (Å²) in [5, 5.41) is 6.47. The molecule has 0 unspecified atom stereocenters. The number of amides is 1. The number of carbonyl (C=O) groups is 1. The zero-order valence-electron chi connectivity index (χ0n) is 14.9. The van der Waals surface area contributed by atoms with Gasteiger partial charge in [-0.3, -0.25) is 9.78 Å². The molecule has 1 saturated heterocycles. The number of hydrogen-bond donors (Lipinski definition) is 1. The molecule has 3 aromatic rings. The van der Waals surface area contributed by atoms with Gasteiger partial charge in [0, 0.05) is 42.8 Å². The van der Waals surface area contributed by atoms with Gasteiger partial charge in [-0.1, -0.05) is 5.16 Å². The smallest absolute Gasteiger partial charge is 0.277 e. The fourth-order valence-corrected chi connectivity index (χ4v) is 4.53. The molecule has 1 aromatic carbocycles. The minimum absolute atomic E-state index is 0.118. The first-order valence-electron chi connectivity index (χ1n) is 8.83. The highest BCUT2D eigenvalue weighted by Crippen LogP contribution is 2.23. The van der Waals surface area contributed by atoms with Gasteiger partial charge in [-0.15, -0.1) is 0 Å². The van der Waals surface area contributed by atoms with Crippen LogP contribution in [-0.2, 0) is 10.0 Å². The van der Waals surface area contributed by atoms with E-state index in [4.69, 9.17) is 4.52 Å². The van der Waals surface area contributed by atoms with E-state index in [1.165, 1.54) is 22.5 Å². The van der Waals surface area contributed by atoms with Gasteiger partial charge in [0.05, 0.1) is 4.90 Å². The molecular formula is C19H18N4O4S. The van der Waals surface area contributed by atoms with Crippen molar-refractivity contribution in [2.24, 2.45) is 0 Å².